The first-order valence-corrected chi connectivity index (χ1v) is 26.6. The number of rotatable bonds is 41. The normalized spacial score (nSPS) is 26.9. The first kappa shape index (κ1) is 60.6. The highest BCUT2D eigenvalue weighted by atomic mass is 16.7. The molecule has 1 amide bonds. The Morgan fingerprint density at radius 2 is 1.00 bits per heavy atom. The Bertz CT molecular complexity index is 1210. The van der Waals surface area contributed by atoms with Crippen LogP contribution in [-0.4, -0.2) is 140 Å². The Morgan fingerprint density at radius 3 is 1.52 bits per heavy atom. The van der Waals surface area contributed by atoms with E-state index in [0.29, 0.717) is 12.8 Å². The van der Waals surface area contributed by atoms with Crippen LogP contribution in [0.1, 0.15) is 206 Å². The fourth-order valence-electron chi connectivity index (χ4n) is 8.80. The van der Waals surface area contributed by atoms with E-state index in [1.165, 1.54) is 128 Å². The number of unbranched alkanes of at least 4 members (excludes halogenated alkanes) is 24. The van der Waals surface area contributed by atoms with Crippen LogP contribution in [0.5, 0.6) is 0 Å². The summed E-state index contributed by atoms with van der Waals surface area (Å²) in [5.74, 6) is -0.217. The Kier molecular flexibility index (Phi) is 36.0. The van der Waals surface area contributed by atoms with Crippen LogP contribution >= 0.6 is 0 Å². The lowest BCUT2D eigenvalue weighted by Crippen LogP contribution is -2.65. The summed E-state index contributed by atoms with van der Waals surface area (Å²) in [5.41, 5.74) is 0. The van der Waals surface area contributed by atoms with E-state index in [0.717, 1.165) is 51.4 Å². The average Bonchev–Trinajstić information content (AvgIpc) is 3.31. The van der Waals surface area contributed by atoms with Gasteiger partial charge in [-0.2, -0.15) is 0 Å². The van der Waals surface area contributed by atoms with Crippen molar-refractivity contribution in [3.8, 4) is 0 Å². The molecule has 2 aliphatic rings. The third-order valence-electron chi connectivity index (χ3n) is 13.2. The third kappa shape index (κ3) is 25.9. The second-order valence-corrected chi connectivity index (χ2v) is 19.0. The Labute approximate surface area is 398 Å². The van der Waals surface area contributed by atoms with Gasteiger partial charge in [0.05, 0.1) is 32.0 Å². The molecule has 9 N–H and O–H groups in total. The zero-order chi connectivity index (χ0) is 48.2. The fourth-order valence-corrected chi connectivity index (χ4v) is 8.80. The van der Waals surface area contributed by atoms with Crippen molar-refractivity contribution in [2.45, 2.75) is 280 Å². The third-order valence-corrected chi connectivity index (χ3v) is 13.2. The summed E-state index contributed by atoms with van der Waals surface area (Å²) in [7, 11) is 0. The van der Waals surface area contributed by atoms with Gasteiger partial charge in [-0.25, -0.2) is 0 Å². The zero-order valence-electron chi connectivity index (χ0n) is 41.2. The van der Waals surface area contributed by atoms with Crippen LogP contribution < -0.4 is 5.32 Å². The number of carbonyl (C=O) groups is 1. The maximum Gasteiger partial charge on any atom is 0.220 e. The molecule has 2 fully saturated rings. The van der Waals surface area contributed by atoms with Crippen LogP contribution in [0, 0.1) is 0 Å². The number of hydrogen-bond donors (Lipinski definition) is 9. The van der Waals surface area contributed by atoms with Crippen LogP contribution in [-0.2, 0) is 23.7 Å². The summed E-state index contributed by atoms with van der Waals surface area (Å²) in [6, 6.07) is -0.821. The van der Waals surface area contributed by atoms with Crippen LogP contribution in [0.25, 0.3) is 0 Å². The van der Waals surface area contributed by atoms with Crippen molar-refractivity contribution in [2.75, 3.05) is 19.8 Å². The first-order chi connectivity index (χ1) is 32.1. The molecule has 14 heteroatoms. The van der Waals surface area contributed by atoms with E-state index in [1.54, 1.807) is 0 Å². The number of amides is 1. The predicted molar refractivity (Wildman–Crippen MR) is 258 cm³/mol. The summed E-state index contributed by atoms with van der Waals surface area (Å²) >= 11 is 0. The lowest BCUT2D eigenvalue weighted by molar-refractivity contribution is -0.359. The molecule has 12 unspecified atom stereocenters. The molecule has 0 bridgehead atoms. The molecule has 0 aliphatic carbocycles. The summed E-state index contributed by atoms with van der Waals surface area (Å²) in [6.07, 6.45) is 27.4. The molecular weight excluding hydrogens is 847 g/mol. The highest BCUT2D eigenvalue weighted by Crippen LogP contribution is 2.30. The SMILES string of the molecule is CCCCCCC/C=C\C/C=C\CCCCCCCCCCCCCCCCCCCC(=O)NC(COC1OC(CO)C(OC2OC(CO)C(O)C(O)C2O)C(O)C1O)C(O)CCCCC. The molecule has 2 rings (SSSR count). The van der Waals surface area contributed by atoms with Crippen molar-refractivity contribution in [1.29, 1.82) is 0 Å². The maximum absolute atomic E-state index is 13.0. The summed E-state index contributed by atoms with van der Waals surface area (Å²) in [6.45, 7) is 2.66. The number of nitrogens with one attached hydrogen (secondary N) is 1. The van der Waals surface area contributed by atoms with Crippen LogP contribution in [0.15, 0.2) is 24.3 Å². The molecule has 14 nitrogen and oxygen atoms in total. The maximum atomic E-state index is 13.0. The smallest absolute Gasteiger partial charge is 0.220 e. The number of hydrogen-bond acceptors (Lipinski definition) is 13. The molecule has 0 aromatic carbocycles. The van der Waals surface area contributed by atoms with Gasteiger partial charge in [0.1, 0.15) is 48.8 Å². The van der Waals surface area contributed by atoms with Crippen LogP contribution in [0.3, 0.4) is 0 Å². The molecule has 66 heavy (non-hydrogen) atoms. The summed E-state index contributed by atoms with van der Waals surface area (Å²) in [5, 5.41) is 86.0. The Balaban J connectivity index is 1.55. The second kappa shape index (κ2) is 39.2. The van der Waals surface area contributed by atoms with Crippen molar-refractivity contribution in [2.24, 2.45) is 0 Å². The van der Waals surface area contributed by atoms with Crippen molar-refractivity contribution in [3.63, 3.8) is 0 Å². The molecular formula is C52H97NO13. The van der Waals surface area contributed by atoms with Crippen molar-refractivity contribution < 1.29 is 64.6 Å². The zero-order valence-corrected chi connectivity index (χ0v) is 41.2. The van der Waals surface area contributed by atoms with Gasteiger partial charge < -0.3 is 65.1 Å². The van der Waals surface area contributed by atoms with E-state index in [9.17, 15) is 45.6 Å². The summed E-state index contributed by atoms with van der Waals surface area (Å²) in [4.78, 5) is 13.0. The molecule has 0 aromatic rings. The first-order valence-electron chi connectivity index (χ1n) is 26.6. The van der Waals surface area contributed by atoms with Gasteiger partial charge in [-0.3, -0.25) is 4.79 Å². The number of aliphatic hydroxyl groups is 8. The molecule has 2 heterocycles. The van der Waals surface area contributed by atoms with Crippen molar-refractivity contribution in [3.05, 3.63) is 24.3 Å². The van der Waals surface area contributed by atoms with Gasteiger partial charge in [0.2, 0.25) is 5.91 Å². The average molecular weight is 944 g/mol. The minimum Gasteiger partial charge on any atom is -0.394 e. The van der Waals surface area contributed by atoms with E-state index in [4.69, 9.17) is 18.9 Å². The van der Waals surface area contributed by atoms with Gasteiger partial charge >= 0.3 is 0 Å². The number of carbonyl (C=O) groups excluding carboxylic acids is 1. The van der Waals surface area contributed by atoms with Gasteiger partial charge in [0.15, 0.2) is 12.6 Å². The van der Waals surface area contributed by atoms with E-state index in [2.05, 4.69) is 43.5 Å². The van der Waals surface area contributed by atoms with Crippen LogP contribution in [0.4, 0.5) is 0 Å². The second-order valence-electron chi connectivity index (χ2n) is 19.0. The van der Waals surface area contributed by atoms with Gasteiger partial charge in [0, 0.05) is 6.42 Å². The van der Waals surface area contributed by atoms with Gasteiger partial charge in [-0.1, -0.05) is 179 Å². The van der Waals surface area contributed by atoms with Gasteiger partial charge in [-0.15, -0.1) is 0 Å². The predicted octanol–water partition coefficient (Wildman–Crippen LogP) is 7.33. The highest BCUT2D eigenvalue weighted by molar-refractivity contribution is 5.76. The lowest BCUT2D eigenvalue weighted by Gasteiger charge is -2.46. The van der Waals surface area contributed by atoms with E-state index < -0.39 is 86.8 Å². The standard InChI is InChI=1S/C52H97NO13/c1-3-5-7-8-9-10-11-12-13-14-15-16-17-18-19-20-21-22-23-24-25-26-27-28-29-30-31-32-34-36-44(57)53-40(41(56)35-33-6-4-2)39-63-51-49(62)47(60)50(43(38-55)65-51)66-52-48(61)46(59)45(58)42(37-54)64-52/h11-12,14-15,40-43,45-52,54-56,58-62H,3-10,13,16-39H2,1-2H3,(H,53,57)/b12-11-,15-14-. The Hall–Kier alpha value is -1.53. The van der Waals surface area contributed by atoms with E-state index >= 15 is 0 Å². The van der Waals surface area contributed by atoms with Gasteiger partial charge in [0.25, 0.3) is 0 Å². The van der Waals surface area contributed by atoms with Crippen molar-refractivity contribution >= 4 is 5.91 Å². The summed E-state index contributed by atoms with van der Waals surface area (Å²) < 4.78 is 22.5. The highest BCUT2D eigenvalue weighted by Gasteiger charge is 2.51. The number of aliphatic hydroxyl groups excluding tert-OH is 8. The molecule has 12 atom stereocenters. The monoisotopic (exact) mass is 944 g/mol. The molecule has 2 saturated heterocycles. The fraction of sp³-hybridized carbons (Fsp3) is 0.904. The van der Waals surface area contributed by atoms with Crippen molar-refractivity contribution in [1.82, 2.24) is 5.32 Å². The van der Waals surface area contributed by atoms with E-state index in [1.807, 2.05) is 0 Å². The Morgan fingerprint density at radius 1 is 0.545 bits per heavy atom. The molecule has 0 saturated carbocycles. The minimum absolute atomic E-state index is 0.217. The molecule has 0 spiro atoms. The largest absolute Gasteiger partial charge is 0.394 e. The molecule has 388 valence electrons. The number of allylic oxidation sites excluding steroid dienone is 4. The quantitative estimate of drug-likeness (QED) is 0.0216. The number of ether oxygens (including phenoxy) is 4. The van der Waals surface area contributed by atoms with E-state index in [-0.39, 0.29) is 12.5 Å². The molecule has 0 aromatic heterocycles. The van der Waals surface area contributed by atoms with Gasteiger partial charge in [-0.05, 0) is 44.9 Å². The minimum atomic E-state index is -1.78. The topological polar surface area (TPSA) is 228 Å². The molecule has 2 aliphatic heterocycles. The lowest BCUT2D eigenvalue weighted by atomic mass is 9.97. The van der Waals surface area contributed by atoms with Crippen LogP contribution in [0.2, 0.25) is 0 Å². The molecule has 0 radical (unpaired) electrons.